The van der Waals surface area contributed by atoms with Gasteiger partial charge in [0.05, 0.1) is 12.3 Å². The molecule has 1 aliphatic heterocycles. The van der Waals surface area contributed by atoms with Crippen LogP contribution in [0.2, 0.25) is 0 Å². The van der Waals surface area contributed by atoms with Crippen LogP contribution in [0.3, 0.4) is 0 Å². The van der Waals surface area contributed by atoms with Crippen molar-refractivity contribution in [3.8, 4) is 17.0 Å². The number of ether oxygens (including phenoxy) is 1. The zero-order chi connectivity index (χ0) is 19.2. The normalized spacial score (nSPS) is 15.6. The van der Waals surface area contributed by atoms with Gasteiger partial charge in [0.15, 0.2) is 0 Å². The SMILES string of the molecule is CN1C/C=C/CCOc2cccc(c2)-c2ccnc(n2)Nc2cccc(c2)C1.Cl. The van der Waals surface area contributed by atoms with Crippen molar-refractivity contribution in [2.45, 2.75) is 13.0 Å². The van der Waals surface area contributed by atoms with Crippen LogP contribution in [0.1, 0.15) is 12.0 Å². The van der Waals surface area contributed by atoms with E-state index in [1.807, 2.05) is 36.4 Å². The highest BCUT2D eigenvalue weighted by Crippen LogP contribution is 2.24. The van der Waals surface area contributed by atoms with Gasteiger partial charge in [-0.1, -0.05) is 36.4 Å². The lowest BCUT2D eigenvalue weighted by Gasteiger charge is -2.15. The maximum absolute atomic E-state index is 5.90. The number of fused-ring (bicyclic) bond motifs is 7. The van der Waals surface area contributed by atoms with Crippen molar-refractivity contribution < 1.29 is 4.74 Å². The molecule has 5 nitrogen and oxygen atoms in total. The lowest BCUT2D eigenvalue weighted by molar-refractivity contribution is 0.324. The molecule has 0 aliphatic carbocycles. The maximum Gasteiger partial charge on any atom is 0.227 e. The van der Waals surface area contributed by atoms with E-state index in [1.165, 1.54) is 5.56 Å². The van der Waals surface area contributed by atoms with Crippen LogP contribution < -0.4 is 10.1 Å². The maximum atomic E-state index is 5.90. The molecular formula is C23H25ClN4O. The number of likely N-dealkylation sites (N-methyl/N-ethyl adjacent to an activating group) is 1. The summed E-state index contributed by atoms with van der Waals surface area (Å²) in [6.07, 6.45) is 7.04. The summed E-state index contributed by atoms with van der Waals surface area (Å²) >= 11 is 0. The van der Waals surface area contributed by atoms with Crippen LogP contribution in [0.4, 0.5) is 11.6 Å². The summed E-state index contributed by atoms with van der Waals surface area (Å²) in [5.74, 6) is 1.43. The molecule has 1 aromatic heterocycles. The number of nitrogens with zero attached hydrogens (tertiary/aromatic N) is 3. The van der Waals surface area contributed by atoms with Gasteiger partial charge in [-0.25, -0.2) is 9.97 Å². The Morgan fingerprint density at radius 3 is 2.86 bits per heavy atom. The predicted molar refractivity (Wildman–Crippen MR) is 120 cm³/mol. The molecule has 0 atom stereocenters. The van der Waals surface area contributed by atoms with Crippen LogP contribution in [-0.4, -0.2) is 35.1 Å². The third-order valence-electron chi connectivity index (χ3n) is 4.56. The number of halogens is 1. The number of hydrogen-bond acceptors (Lipinski definition) is 5. The van der Waals surface area contributed by atoms with Gasteiger partial charge in [0.25, 0.3) is 0 Å². The van der Waals surface area contributed by atoms with Crippen LogP contribution in [0, 0.1) is 0 Å². The molecule has 0 saturated carbocycles. The summed E-state index contributed by atoms with van der Waals surface area (Å²) in [6, 6.07) is 18.3. The lowest BCUT2D eigenvalue weighted by atomic mass is 10.1. The zero-order valence-electron chi connectivity index (χ0n) is 16.4. The molecule has 29 heavy (non-hydrogen) atoms. The molecule has 0 spiro atoms. The predicted octanol–water partition coefficient (Wildman–Crippen LogP) is 5.08. The Morgan fingerprint density at radius 2 is 1.93 bits per heavy atom. The van der Waals surface area contributed by atoms with Gasteiger partial charge in [-0.05, 0) is 49.4 Å². The standard InChI is InChI=1S/C23H24N4O.ClH/c1-27-13-3-2-4-14-28-21-10-6-8-19(16-21)22-11-12-24-23(26-22)25-20-9-5-7-18(15-20)17-27;/h2-3,5-12,15-16H,4,13-14,17H2,1H3,(H,24,25,26);1H/b3-2+;. The van der Waals surface area contributed by atoms with Gasteiger partial charge in [-0.3, -0.25) is 4.90 Å². The number of anilines is 2. The number of benzene rings is 2. The van der Waals surface area contributed by atoms with Gasteiger partial charge in [0.1, 0.15) is 5.75 Å². The second kappa shape index (κ2) is 10.0. The highest BCUT2D eigenvalue weighted by atomic mass is 35.5. The minimum Gasteiger partial charge on any atom is -0.493 e. The van der Waals surface area contributed by atoms with E-state index < -0.39 is 0 Å². The Kier molecular flexibility index (Phi) is 7.22. The summed E-state index contributed by atoms with van der Waals surface area (Å²) in [6.45, 7) is 2.43. The summed E-state index contributed by atoms with van der Waals surface area (Å²) in [5.41, 5.74) is 4.10. The Labute approximate surface area is 177 Å². The molecule has 1 aliphatic rings. The summed E-state index contributed by atoms with van der Waals surface area (Å²) < 4.78 is 5.90. The van der Waals surface area contributed by atoms with Crippen LogP contribution in [-0.2, 0) is 6.54 Å². The van der Waals surface area contributed by atoms with Gasteiger partial charge in [-0.2, -0.15) is 0 Å². The Balaban J connectivity index is 0.00000240. The van der Waals surface area contributed by atoms with E-state index in [4.69, 9.17) is 4.74 Å². The zero-order valence-corrected chi connectivity index (χ0v) is 17.2. The smallest absolute Gasteiger partial charge is 0.227 e. The number of nitrogens with one attached hydrogen (secondary N) is 1. The van der Waals surface area contributed by atoms with Crippen molar-refractivity contribution in [3.05, 3.63) is 78.5 Å². The molecule has 150 valence electrons. The van der Waals surface area contributed by atoms with Gasteiger partial charge in [0.2, 0.25) is 5.95 Å². The Hall–Kier alpha value is -2.89. The molecule has 1 N–H and O–H groups in total. The molecule has 0 radical (unpaired) electrons. The molecule has 3 aromatic rings. The monoisotopic (exact) mass is 408 g/mol. The summed E-state index contributed by atoms with van der Waals surface area (Å²) in [7, 11) is 2.12. The molecule has 0 fully saturated rings. The minimum atomic E-state index is 0. The van der Waals surface area contributed by atoms with E-state index in [1.54, 1.807) is 6.20 Å². The van der Waals surface area contributed by atoms with Gasteiger partial charge in [0, 0.05) is 30.5 Å². The van der Waals surface area contributed by atoms with Crippen molar-refractivity contribution in [2.24, 2.45) is 0 Å². The van der Waals surface area contributed by atoms with Crippen molar-refractivity contribution in [3.63, 3.8) is 0 Å². The van der Waals surface area contributed by atoms with E-state index in [9.17, 15) is 0 Å². The topological polar surface area (TPSA) is 50.3 Å². The molecule has 4 rings (SSSR count). The molecule has 0 unspecified atom stereocenters. The lowest BCUT2D eigenvalue weighted by Crippen LogP contribution is -2.17. The number of hydrogen-bond donors (Lipinski definition) is 1. The van der Waals surface area contributed by atoms with Crippen molar-refractivity contribution >= 4 is 24.0 Å². The van der Waals surface area contributed by atoms with Crippen LogP contribution in [0.25, 0.3) is 11.3 Å². The van der Waals surface area contributed by atoms with Crippen molar-refractivity contribution in [2.75, 3.05) is 25.5 Å². The Morgan fingerprint density at radius 1 is 1.03 bits per heavy atom. The quantitative estimate of drug-likeness (QED) is 0.525. The number of aromatic nitrogens is 2. The largest absolute Gasteiger partial charge is 0.493 e. The van der Waals surface area contributed by atoms with Crippen molar-refractivity contribution in [1.29, 1.82) is 0 Å². The summed E-state index contributed by atoms with van der Waals surface area (Å²) in [5, 5.41) is 3.32. The molecule has 6 heteroatoms. The van der Waals surface area contributed by atoms with E-state index in [2.05, 4.69) is 57.6 Å². The van der Waals surface area contributed by atoms with Crippen LogP contribution in [0.5, 0.6) is 5.75 Å². The molecule has 0 saturated heterocycles. The van der Waals surface area contributed by atoms with E-state index in [-0.39, 0.29) is 12.4 Å². The molecular weight excluding hydrogens is 384 g/mol. The second-order valence-corrected chi connectivity index (χ2v) is 6.92. The second-order valence-electron chi connectivity index (χ2n) is 6.92. The fourth-order valence-electron chi connectivity index (χ4n) is 3.19. The van der Waals surface area contributed by atoms with Gasteiger partial charge >= 0.3 is 0 Å². The molecule has 2 aromatic carbocycles. The van der Waals surface area contributed by atoms with E-state index in [0.717, 1.165) is 42.2 Å². The third-order valence-corrected chi connectivity index (χ3v) is 4.56. The summed E-state index contributed by atoms with van der Waals surface area (Å²) in [4.78, 5) is 11.3. The van der Waals surface area contributed by atoms with E-state index >= 15 is 0 Å². The molecule has 6 bridgehead atoms. The van der Waals surface area contributed by atoms with Gasteiger partial charge in [-0.15, -0.1) is 12.4 Å². The van der Waals surface area contributed by atoms with Gasteiger partial charge < -0.3 is 10.1 Å². The average molecular weight is 409 g/mol. The Bertz CT molecular complexity index is 976. The number of rotatable bonds is 0. The molecule has 2 heterocycles. The first-order valence-corrected chi connectivity index (χ1v) is 9.52. The highest BCUT2D eigenvalue weighted by Gasteiger charge is 2.06. The van der Waals surface area contributed by atoms with Crippen LogP contribution >= 0.6 is 12.4 Å². The van der Waals surface area contributed by atoms with Crippen molar-refractivity contribution in [1.82, 2.24) is 14.9 Å². The first kappa shape index (κ1) is 20.8. The first-order chi connectivity index (χ1) is 13.8. The fourth-order valence-corrected chi connectivity index (χ4v) is 3.19. The molecule has 0 amide bonds. The third kappa shape index (κ3) is 5.79. The average Bonchev–Trinajstić information content (AvgIpc) is 2.71. The highest BCUT2D eigenvalue weighted by molar-refractivity contribution is 5.85. The fraction of sp³-hybridized carbons (Fsp3) is 0.217. The first-order valence-electron chi connectivity index (χ1n) is 9.52. The minimum absolute atomic E-state index is 0. The van der Waals surface area contributed by atoms with Crippen LogP contribution in [0.15, 0.2) is 72.9 Å². The van der Waals surface area contributed by atoms with E-state index in [0.29, 0.717) is 12.6 Å².